The molecule has 1 aromatic carbocycles. The second-order valence-electron chi connectivity index (χ2n) is 4.82. The van der Waals surface area contributed by atoms with Gasteiger partial charge in [-0.3, -0.25) is 14.9 Å². The van der Waals surface area contributed by atoms with Crippen LogP contribution in [0.2, 0.25) is 0 Å². The summed E-state index contributed by atoms with van der Waals surface area (Å²) in [5.74, 6) is 0. The quantitative estimate of drug-likeness (QED) is 0.690. The largest absolute Gasteiger partial charge is 0.324 e. The van der Waals surface area contributed by atoms with Crippen molar-refractivity contribution < 1.29 is 4.92 Å². The smallest absolute Gasteiger partial charge is 0.270 e. The van der Waals surface area contributed by atoms with Crippen LogP contribution in [0.25, 0.3) is 11.3 Å². The molecule has 0 aliphatic rings. The summed E-state index contributed by atoms with van der Waals surface area (Å²) in [6.45, 7) is 4.08. The molecule has 21 heavy (non-hydrogen) atoms. The fourth-order valence-electron chi connectivity index (χ4n) is 2.29. The highest BCUT2D eigenvalue weighted by atomic mass is 16.6. The van der Waals surface area contributed by atoms with Gasteiger partial charge in [0.15, 0.2) is 0 Å². The van der Waals surface area contributed by atoms with E-state index in [4.69, 9.17) is 5.73 Å². The summed E-state index contributed by atoms with van der Waals surface area (Å²) in [7, 11) is 0. The van der Waals surface area contributed by atoms with Crippen molar-refractivity contribution in [3.63, 3.8) is 0 Å². The van der Waals surface area contributed by atoms with Gasteiger partial charge in [0.25, 0.3) is 11.2 Å². The van der Waals surface area contributed by atoms with Crippen LogP contribution in [0.4, 0.5) is 5.69 Å². The first-order valence-corrected chi connectivity index (χ1v) is 6.69. The van der Waals surface area contributed by atoms with Crippen LogP contribution in [-0.2, 0) is 6.54 Å². The Morgan fingerprint density at radius 2 is 2.05 bits per heavy atom. The van der Waals surface area contributed by atoms with Gasteiger partial charge in [-0.25, -0.2) is 0 Å². The Bertz CT molecular complexity index is 735. The Balaban J connectivity index is 2.65. The van der Waals surface area contributed by atoms with Crippen LogP contribution in [0.3, 0.4) is 0 Å². The van der Waals surface area contributed by atoms with Gasteiger partial charge in [0.05, 0.1) is 10.6 Å². The lowest BCUT2D eigenvalue weighted by atomic mass is 10.1. The van der Waals surface area contributed by atoms with Crippen molar-refractivity contribution in [3.8, 4) is 11.3 Å². The maximum atomic E-state index is 12.4. The number of rotatable bonds is 4. The zero-order chi connectivity index (χ0) is 15.6. The summed E-state index contributed by atoms with van der Waals surface area (Å²) in [4.78, 5) is 22.8. The molecule has 1 atom stereocenters. The van der Waals surface area contributed by atoms with Crippen molar-refractivity contribution in [3.05, 3.63) is 62.4 Å². The van der Waals surface area contributed by atoms with E-state index in [0.29, 0.717) is 23.4 Å². The molecule has 1 heterocycles. The topological polar surface area (TPSA) is 91.2 Å². The molecule has 0 saturated carbocycles. The highest BCUT2D eigenvalue weighted by Crippen LogP contribution is 2.23. The van der Waals surface area contributed by atoms with Gasteiger partial charge in [-0.15, -0.1) is 0 Å². The van der Waals surface area contributed by atoms with Crippen LogP contribution in [0.15, 0.2) is 41.2 Å². The molecule has 0 saturated heterocycles. The number of nitro groups is 1. The molecule has 0 amide bonds. The normalized spacial score (nSPS) is 12.1. The molecule has 6 nitrogen and oxygen atoms in total. The van der Waals surface area contributed by atoms with Crippen LogP contribution < -0.4 is 11.3 Å². The summed E-state index contributed by atoms with van der Waals surface area (Å²) >= 11 is 0. The summed E-state index contributed by atoms with van der Waals surface area (Å²) in [5.41, 5.74) is 7.45. The molecule has 0 aliphatic carbocycles. The molecule has 0 fully saturated rings. The minimum absolute atomic E-state index is 0.00104. The van der Waals surface area contributed by atoms with E-state index >= 15 is 0 Å². The molecule has 0 spiro atoms. The second-order valence-corrected chi connectivity index (χ2v) is 4.82. The van der Waals surface area contributed by atoms with E-state index in [1.54, 1.807) is 35.8 Å². The number of non-ortho nitro benzene ring substituents is 1. The number of benzene rings is 1. The summed E-state index contributed by atoms with van der Waals surface area (Å²) in [5, 5.41) is 10.9. The van der Waals surface area contributed by atoms with E-state index in [-0.39, 0.29) is 17.3 Å². The van der Waals surface area contributed by atoms with E-state index in [1.807, 2.05) is 6.92 Å². The van der Waals surface area contributed by atoms with E-state index < -0.39 is 4.92 Å². The van der Waals surface area contributed by atoms with Crippen molar-refractivity contribution in [2.45, 2.75) is 26.4 Å². The van der Waals surface area contributed by atoms with Gasteiger partial charge < -0.3 is 10.3 Å². The zero-order valence-electron chi connectivity index (χ0n) is 11.9. The number of nitrogens with zero attached hydrogens (tertiary/aromatic N) is 2. The van der Waals surface area contributed by atoms with Crippen molar-refractivity contribution in [2.75, 3.05) is 0 Å². The van der Waals surface area contributed by atoms with Gasteiger partial charge in [-0.1, -0.05) is 12.1 Å². The number of pyridine rings is 1. The van der Waals surface area contributed by atoms with Crippen LogP contribution >= 0.6 is 0 Å². The number of aromatic nitrogens is 1. The molecule has 6 heteroatoms. The Labute approximate surface area is 122 Å². The average Bonchev–Trinajstić information content (AvgIpc) is 2.46. The predicted octanol–water partition coefficient (Wildman–Crippen LogP) is 2.46. The SMILES string of the molecule is CCn1c(-c2cccc([N+](=O)[O-])c2)ccc(C(C)N)c1=O. The minimum atomic E-state index is -0.450. The van der Waals surface area contributed by atoms with Crippen LogP contribution in [0, 0.1) is 10.1 Å². The van der Waals surface area contributed by atoms with Crippen molar-refractivity contribution in [1.29, 1.82) is 0 Å². The van der Waals surface area contributed by atoms with Gasteiger partial charge in [0.2, 0.25) is 0 Å². The molecule has 2 N–H and O–H groups in total. The molecule has 1 aromatic heterocycles. The van der Waals surface area contributed by atoms with E-state index in [2.05, 4.69) is 0 Å². The molecule has 0 aliphatic heterocycles. The lowest BCUT2D eigenvalue weighted by molar-refractivity contribution is -0.384. The summed E-state index contributed by atoms with van der Waals surface area (Å²) in [6, 6.07) is 9.36. The first-order chi connectivity index (χ1) is 9.95. The maximum Gasteiger partial charge on any atom is 0.270 e. The van der Waals surface area contributed by atoms with E-state index in [9.17, 15) is 14.9 Å². The standard InChI is InChI=1S/C15H17N3O3/c1-3-17-14(8-7-13(10(2)16)15(17)19)11-5-4-6-12(9-11)18(20)21/h4-10H,3,16H2,1-2H3. The number of nitrogens with two attached hydrogens (primary N) is 1. The zero-order valence-corrected chi connectivity index (χ0v) is 11.9. The Morgan fingerprint density at radius 3 is 2.62 bits per heavy atom. The van der Waals surface area contributed by atoms with Crippen LogP contribution in [0.1, 0.15) is 25.5 Å². The predicted molar refractivity (Wildman–Crippen MR) is 81.1 cm³/mol. The maximum absolute atomic E-state index is 12.4. The lowest BCUT2D eigenvalue weighted by Crippen LogP contribution is -2.27. The van der Waals surface area contributed by atoms with Crippen LogP contribution in [-0.4, -0.2) is 9.49 Å². The minimum Gasteiger partial charge on any atom is -0.324 e. The van der Waals surface area contributed by atoms with Crippen LogP contribution in [0.5, 0.6) is 0 Å². The van der Waals surface area contributed by atoms with Crippen molar-refractivity contribution >= 4 is 5.69 Å². The molecule has 0 bridgehead atoms. The monoisotopic (exact) mass is 287 g/mol. The fraction of sp³-hybridized carbons (Fsp3) is 0.267. The molecule has 2 aromatic rings. The van der Waals surface area contributed by atoms with Gasteiger partial charge in [0, 0.05) is 35.8 Å². The second kappa shape index (κ2) is 5.88. The van der Waals surface area contributed by atoms with E-state index in [1.165, 1.54) is 12.1 Å². The third-order valence-corrected chi connectivity index (χ3v) is 3.36. The van der Waals surface area contributed by atoms with Gasteiger partial charge in [-0.05, 0) is 26.0 Å². The fourth-order valence-corrected chi connectivity index (χ4v) is 2.29. The third kappa shape index (κ3) is 2.85. The highest BCUT2D eigenvalue weighted by molar-refractivity contribution is 5.63. The first-order valence-electron chi connectivity index (χ1n) is 6.69. The Morgan fingerprint density at radius 1 is 1.33 bits per heavy atom. The van der Waals surface area contributed by atoms with Gasteiger partial charge >= 0.3 is 0 Å². The van der Waals surface area contributed by atoms with E-state index in [0.717, 1.165) is 0 Å². The van der Waals surface area contributed by atoms with Crippen molar-refractivity contribution in [1.82, 2.24) is 4.57 Å². The Hall–Kier alpha value is -2.47. The van der Waals surface area contributed by atoms with Crippen molar-refractivity contribution in [2.24, 2.45) is 5.73 Å². The molecule has 1 unspecified atom stereocenters. The molecular formula is C15H17N3O3. The number of nitro benzene ring substituents is 1. The summed E-state index contributed by atoms with van der Waals surface area (Å²) in [6.07, 6.45) is 0. The van der Waals surface area contributed by atoms with Gasteiger partial charge in [-0.2, -0.15) is 0 Å². The molecular weight excluding hydrogens is 270 g/mol. The number of hydrogen-bond acceptors (Lipinski definition) is 4. The Kier molecular flexibility index (Phi) is 4.18. The first kappa shape index (κ1) is 14.9. The molecule has 110 valence electrons. The molecule has 0 radical (unpaired) electrons. The third-order valence-electron chi connectivity index (χ3n) is 3.36. The molecule has 2 rings (SSSR count). The lowest BCUT2D eigenvalue weighted by Gasteiger charge is -2.14. The highest BCUT2D eigenvalue weighted by Gasteiger charge is 2.14. The summed E-state index contributed by atoms with van der Waals surface area (Å²) < 4.78 is 1.58. The van der Waals surface area contributed by atoms with Gasteiger partial charge in [0.1, 0.15) is 0 Å². The number of hydrogen-bond donors (Lipinski definition) is 1. The average molecular weight is 287 g/mol.